The molecule has 2 aromatic carbocycles. The maximum Gasteiger partial charge on any atom is 0.229 e. The summed E-state index contributed by atoms with van der Waals surface area (Å²) in [5.74, 6) is 0.149. The summed E-state index contributed by atoms with van der Waals surface area (Å²) >= 11 is 6.02. The predicted octanol–water partition coefficient (Wildman–Crippen LogP) is 6.60. The molecular formula is C29H27ClF2N6O. The van der Waals surface area contributed by atoms with E-state index < -0.39 is 11.6 Å². The van der Waals surface area contributed by atoms with Crippen molar-refractivity contribution in [3.8, 4) is 11.4 Å². The van der Waals surface area contributed by atoms with Crippen molar-refractivity contribution in [2.45, 2.75) is 18.8 Å². The SMILES string of the molecule is C=CCOc1cc(Nc2nc3c(c(N(C)CC=C)n2)CCC3c2ccc(F)cc2F)ccc1-n1cnc(Cl)c1. The first kappa shape index (κ1) is 26.4. The fraction of sp³-hybridized carbons (Fsp3) is 0.207. The number of hydrogen-bond donors (Lipinski definition) is 1. The minimum Gasteiger partial charge on any atom is -0.487 e. The highest BCUT2D eigenvalue weighted by Crippen LogP contribution is 2.42. The zero-order chi connectivity index (χ0) is 27.5. The summed E-state index contributed by atoms with van der Waals surface area (Å²) in [5, 5.41) is 3.64. The van der Waals surface area contributed by atoms with Crippen molar-refractivity contribution in [3.63, 3.8) is 0 Å². The van der Waals surface area contributed by atoms with Crippen LogP contribution < -0.4 is 15.0 Å². The van der Waals surface area contributed by atoms with Crippen molar-refractivity contribution < 1.29 is 13.5 Å². The number of likely N-dealkylation sites (N-methyl/N-ethyl adjacent to an activating group) is 1. The molecule has 1 aliphatic rings. The smallest absolute Gasteiger partial charge is 0.229 e. The zero-order valence-corrected chi connectivity index (χ0v) is 22.1. The summed E-state index contributed by atoms with van der Waals surface area (Å²) in [6, 6.07) is 9.25. The number of benzene rings is 2. The van der Waals surface area contributed by atoms with Crippen LogP contribution in [0.1, 0.15) is 29.2 Å². The van der Waals surface area contributed by atoms with E-state index in [0.29, 0.717) is 54.1 Å². The summed E-state index contributed by atoms with van der Waals surface area (Å²) in [6.45, 7) is 8.44. The number of anilines is 3. The number of fused-ring (bicyclic) bond motifs is 1. The number of nitrogens with one attached hydrogen (secondary N) is 1. The first-order valence-electron chi connectivity index (χ1n) is 12.4. The molecule has 200 valence electrons. The van der Waals surface area contributed by atoms with E-state index >= 15 is 0 Å². The monoisotopic (exact) mass is 548 g/mol. The van der Waals surface area contributed by atoms with Crippen LogP contribution in [0.4, 0.5) is 26.2 Å². The van der Waals surface area contributed by atoms with E-state index in [2.05, 4.69) is 23.5 Å². The standard InChI is InChI=1S/C29H27ClF2N6O/c1-4-12-37(3)28-22-10-9-21(20-8-6-18(31)14-23(20)32)27(22)35-29(36-28)34-19-7-11-24(25(15-19)39-13-5-2)38-16-26(30)33-17-38/h4-8,11,14-17,21H,1-2,9-10,12-13H2,3H3,(H,34,35,36). The third-order valence-corrected chi connectivity index (χ3v) is 6.73. The summed E-state index contributed by atoms with van der Waals surface area (Å²) in [5.41, 5.74) is 3.51. The van der Waals surface area contributed by atoms with Crippen molar-refractivity contribution in [2.24, 2.45) is 0 Å². The topological polar surface area (TPSA) is 68.1 Å². The Morgan fingerprint density at radius 1 is 1.18 bits per heavy atom. The summed E-state index contributed by atoms with van der Waals surface area (Å²) < 4.78 is 36.1. The molecule has 1 unspecified atom stereocenters. The molecular weight excluding hydrogens is 522 g/mol. The third-order valence-electron chi connectivity index (χ3n) is 6.53. The largest absolute Gasteiger partial charge is 0.487 e. The van der Waals surface area contributed by atoms with E-state index in [-0.39, 0.29) is 5.92 Å². The quantitative estimate of drug-likeness (QED) is 0.225. The molecule has 1 aliphatic carbocycles. The van der Waals surface area contributed by atoms with Crippen LogP contribution in [-0.4, -0.2) is 39.7 Å². The van der Waals surface area contributed by atoms with Crippen LogP contribution in [0.5, 0.6) is 5.75 Å². The van der Waals surface area contributed by atoms with E-state index in [4.69, 9.17) is 26.3 Å². The number of ether oxygens (including phenoxy) is 1. The number of nitrogens with zero attached hydrogens (tertiary/aromatic N) is 5. The summed E-state index contributed by atoms with van der Waals surface area (Å²) in [6.07, 6.45) is 8.06. The van der Waals surface area contributed by atoms with Gasteiger partial charge in [0.2, 0.25) is 5.95 Å². The molecule has 0 bridgehead atoms. The Morgan fingerprint density at radius 2 is 2.03 bits per heavy atom. The van der Waals surface area contributed by atoms with E-state index in [9.17, 15) is 8.78 Å². The van der Waals surface area contributed by atoms with Gasteiger partial charge in [-0.05, 0) is 36.6 Å². The second kappa shape index (κ2) is 11.2. The molecule has 0 aliphatic heterocycles. The van der Waals surface area contributed by atoms with Crippen LogP contribution in [0.2, 0.25) is 5.15 Å². The molecule has 1 N–H and O–H groups in total. The zero-order valence-electron chi connectivity index (χ0n) is 21.4. The fourth-order valence-corrected chi connectivity index (χ4v) is 4.96. The lowest BCUT2D eigenvalue weighted by Crippen LogP contribution is -2.21. The molecule has 5 rings (SSSR count). The number of rotatable bonds is 10. The highest BCUT2D eigenvalue weighted by atomic mass is 35.5. The van der Waals surface area contributed by atoms with Crippen molar-refractivity contribution >= 4 is 29.1 Å². The van der Waals surface area contributed by atoms with Crippen LogP contribution >= 0.6 is 11.6 Å². The maximum atomic E-state index is 14.8. The molecule has 0 saturated carbocycles. The van der Waals surface area contributed by atoms with Crippen LogP contribution in [-0.2, 0) is 6.42 Å². The van der Waals surface area contributed by atoms with Crippen molar-refractivity contribution in [3.05, 3.63) is 108 Å². The number of aromatic nitrogens is 4. The molecule has 0 fully saturated rings. The number of imidazole rings is 1. The normalized spacial score (nSPS) is 14.1. The highest BCUT2D eigenvalue weighted by molar-refractivity contribution is 6.29. The van der Waals surface area contributed by atoms with Gasteiger partial charge in [-0.2, -0.15) is 4.98 Å². The van der Waals surface area contributed by atoms with Crippen molar-refractivity contribution in [2.75, 3.05) is 30.4 Å². The van der Waals surface area contributed by atoms with Gasteiger partial charge in [-0.3, -0.25) is 0 Å². The average molecular weight is 549 g/mol. The molecule has 0 spiro atoms. The summed E-state index contributed by atoms with van der Waals surface area (Å²) in [4.78, 5) is 15.7. The van der Waals surface area contributed by atoms with Gasteiger partial charge in [0.15, 0.2) is 0 Å². The predicted molar refractivity (Wildman–Crippen MR) is 150 cm³/mol. The molecule has 1 atom stereocenters. The number of hydrogen-bond acceptors (Lipinski definition) is 6. The average Bonchev–Trinajstić information content (AvgIpc) is 3.53. The van der Waals surface area contributed by atoms with E-state index in [1.165, 1.54) is 12.1 Å². The Kier molecular flexibility index (Phi) is 7.60. The molecule has 2 aromatic heterocycles. The lowest BCUT2D eigenvalue weighted by Gasteiger charge is -2.21. The van der Waals surface area contributed by atoms with Gasteiger partial charge in [-0.15, -0.1) is 6.58 Å². The molecule has 0 saturated heterocycles. The maximum absolute atomic E-state index is 14.8. The van der Waals surface area contributed by atoms with Gasteiger partial charge in [-0.1, -0.05) is 36.4 Å². The Hall–Kier alpha value is -4.24. The van der Waals surface area contributed by atoms with Crippen molar-refractivity contribution in [1.82, 2.24) is 19.5 Å². The molecule has 4 aromatic rings. The van der Waals surface area contributed by atoms with Gasteiger partial charge in [0.1, 0.15) is 41.3 Å². The lowest BCUT2D eigenvalue weighted by atomic mass is 9.96. The molecule has 10 heteroatoms. The van der Waals surface area contributed by atoms with Crippen LogP contribution in [0, 0.1) is 11.6 Å². The molecule has 0 radical (unpaired) electrons. The van der Waals surface area contributed by atoms with Gasteiger partial charge in [0, 0.05) is 49.1 Å². The Bertz CT molecular complexity index is 1540. The third kappa shape index (κ3) is 5.49. The molecule has 2 heterocycles. The molecule has 0 amide bonds. The Morgan fingerprint density at radius 3 is 2.74 bits per heavy atom. The van der Waals surface area contributed by atoms with Gasteiger partial charge in [0.05, 0.1) is 11.4 Å². The van der Waals surface area contributed by atoms with Gasteiger partial charge < -0.3 is 19.5 Å². The highest BCUT2D eigenvalue weighted by Gasteiger charge is 2.32. The first-order valence-corrected chi connectivity index (χ1v) is 12.8. The second-order valence-electron chi connectivity index (χ2n) is 9.17. The first-order chi connectivity index (χ1) is 18.9. The van der Waals surface area contributed by atoms with E-state index in [1.807, 2.05) is 30.1 Å². The van der Waals surface area contributed by atoms with Gasteiger partial charge >= 0.3 is 0 Å². The van der Waals surface area contributed by atoms with Crippen molar-refractivity contribution in [1.29, 1.82) is 0 Å². The Balaban J connectivity index is 1.55. The van der Waals surface area contributed by atoms with Gasteiger partial charge in [-0.25, -0.2) is 18.7 Å². The van der Waals surface area contributed by atoms with E-state index in [1.54, 1.807) is 29.2 Å². The summed E-state index contributed by atoms with van der Waals surface area (Å²) in [7, 11) is 1.92. The Labute approximate surface area is 230 Å². The molecule has 7 nitrogen and oxygen atoms in total. The van der Waals surface area contributed by atoms with E-state index in [0.717, 1.165) is 28.8 Å². The fourth-order valence-electron chi connectivity index (χ4n) is 4.81. The van der Waals surface area contributed by atoms with Crippen LogP contribution in [0.15, 0.2) is 74.2 Å². The second-order valence-corrected chi connectivity index (χ2v) is 9.56. The van der Waals surface area contributed by atoms with Crippen LogP contribution in [0.3, 0.4) is 0 Å². The number of halogens is 3. The molecule has 39 heavy (non-hydrogen) atoms. The van der Waals surface area contributed by atoms with Crippen LogP contribution in [0.25, 0.3) is 5.69 Å². The lowest BCUT2D eigenvalue weighted by molar-refractivity contribution is 0.362. The minimum absolute atomic E-state index is 0.301. The van der Waals surface area contributed by atoms with Gasteiger partial charge in [0.25, 0.3) is 0 Å². The minimum atomic E-state index is -0.609.